The SMILES string of the molecule is CCOC(=O)N1CCC[C@H](C(=O)NC2CCCCC2)C1. The van der Waals surface area contributed by atoms with Crippen LogP contribution in [0.1, 0.15) is 51.9 Å². The molecule has 0 radical (unpaired) electrons. The van der Waals surface area contributed by atoms with E-state index >= 15 is 0 Å². The normalized spacial score (nSPS) is 24.2. The van der Waals surface area contributed by atoms with Gasteiger partial charge in [-0.15, -0.1) is 0 Å². The lowest BCUT2D eigenvalue weighted by Gasteiger charge is -2.32. The number of nitrogens with one attached hydrogen (secondary N) is 1. The van der Waals surface area contributed by atoms with E-state index in [2.05, 4.69) is 5.32 Å². The molecule has 5 nitrogen and oxygen atoms in total. The number of rotatable bonds is 3. The van der Waals surface area contributed by atoms with Gasteiger partial charge in [0, 0.05) is 19.1 Å². The molecule has 20 heavy (non-hydrogen) atoms. The molecule has 2 aliphatic rings. The fourth-order valence-electron chi connectivity index (χ4n) is 3.14. The van der Waals surface area contributed by atoms with Crippen LogP contribution in [0.4, 0.5) is 4.79 Å². The van der Waals surface area contributed by atoms with E-state index in [1.54, 1.807) is 11.8 Å². The Morgan fingerprint density at radius 3 is 2.60 bits per heavy atom. The van der Waals surface area contributed by atoms with Crippen LogP contribution in [0.5, 0.6) is 0 Å². The molecule has 0 spiro atoms. The summed E-state index contributed by atoms with van der Waals surface area (Å²) in [4.78, 5) is 25.7. The average Bonchev–Trinajstić information content (AvgIpc) is 2.48. The summed E-state index contributed by atoms with van der Waals surface area (Å²) >= 11 is 0. The molecule has 1 aliphatic heterocycles. The number of likely N-dealkylation sites (tertiary alicyclic amines) is 1. The van der Waals surface area contributed by atoms with E-state index in [0.29, 0.717) is 25.7 Å². The fraction of sp³-hybridized carbons (Fsp3) is 0.867. The van der Waals surface area contributed by atoms with Gasteiger partial charge in [-0.05, 0) is 32.6 Å². The number of hydrogen-bond acceptors (Lipinski definition) is 3. The Morgan fingerprint density at radius 2 is 1.90 bits per heavy atom. The number of ether oxygens (including phenoxy) is 1. The first-order valence-corrected chi connectivity index (χ1v) is 7.92. The van der Waals surface area contributed by atoms with Crippen molar-refractivity contribution in [2.24, 2.45) is 5.92 Å². The van der Waals surface area contributed by atoms with Crippen LogP contribution < -0.4 is 5.32 Å². The summed E-state index contributed by atoms with van der Waals surface area (Å²) in [6.07, 6.45) is 7.36. The maximum atomic E-state index is 12.3. The molecule has 2 rings (SSSR count). The van der Waals surface area contributed by atoms with Gasteiger partial charge in [0.05, 0.1) is 12.5 Å². The van der Waals surface area contributed by atoms with Gasteiger partial charge in [-0.3, -0.25) is 4.79 Å². The first kappa shape index (κ1) is 15.1. The lowest BCUT2D eigenvalue weighted by molar-refractivity contribution is -0.127. The molecule has 0 bridgehead atoms. The predicted octanol–water partition coefficient (Wildman–Crippen LogP) is 2.30. The summed E-state index contributed by atoms with van der Waals surface area (Å²) in [5.41, 5.74) is 0. The van der Waals surface area contributed by atoms with Gasteiger partial charge in [0.1, 0.15) is 0 Å². The number of piperidine rings is 1. The minimum absolute atomic E-state index is 0.0740. The molecule has 0 aromatic heterocycles. The number of nitrogens with zero attached hydrogens (tertiary/aromatic N) is 1. The Hall–Kier alpha value is -1.26. The Morgan fingerprint density at radius 1 is 1.15 bits per heavy atom. The van der Waals surface area contributed by atoms with E-state index in [0.717, 1.165) is 25.7 Å². The van der Waals surface area contributed by atoms with Crippen molar-refractivity contribution in [2.75, 3.05) is 19.7 Å². The third kappa shape index (κ3) is 4.12. The van der Waals surface area contributed by atoms with Gasteiger partial charge in [-0.25, -0.2) is 4.79 Å². The summed E-state index contributed by atoms with van der Waals surface area (Å²) in [6.45, 7) is 3.38. The third-order valence-corrected chi connectivity index (χ3v) is 4.27. The monoisotopic (exact) mass is 282 g/mol. The van der Waals surface area contributed by atoms with Gasteiger partial charge in [0.25, 0.3) is 0 Å². The van der Waals surface area contributed by atoms with Gasteiger partial charge < -0.3 is 15.0 Å². The van der Waals surface area contributed by atoms with E-state index in [-0.39, 0.29) is 17.9 Å². The van der Waals surface area contributed by atoms with Crippen molar-refractivity contribution in [3.05, 3.63) is 0 Å². The van der Waals surface area contributed by atoms with E-state index in [1.165, 1.54) is 19.3 Å². The van der Waals surface area contributed by atoms with E-state index in [4.69, 9.17) is 4.74 Å². The van der Waals surface area contributed by atoms with Crippen molar-refractivity contribution >= 4 is 12.0 Å². The summed E-state index contributed by atoms with van der Waals surface area (Å²) in [7, 11) is 0. The van der Waals surface area contributed by atoms with Crippen LogP contribution in [-0.2, 0) is 9.53 Å². The highest BCUT2D eigenvalue weighted by Crippen LogP contribution is 2.21. The minimum atomic E-state index is -0.289. The molecule has 1 aliphatic carbocycles. The zero-order valence-corrected chi connectivity index (χ0v) is 12.4. The molecule has 1 N–H and O–H groups in total. The topological polar surface area (TPSA) is 58.6 Å². The highest BCUT2D eigenvalue weighted by atomic mass is 16.6. The van der Waals surface area contributed by atoms with Crippen LogP contribution in [0.15, 0.2) is 0 Å². The molecule has 0 aromatic carbocycles. The second kappa shape index (κ2) is 7.50. The van der Waals surface area contributed by atoms with E-state index in [1.807, 2.05) is 0 Å². The van der Waals surface area contributed by atoms with Crippen molar-refractivity contribution in [1.29, 1.82) is 0 Å². The van der Waals surface area contributed by atoms with Crippen LogP contribution in [0, 0.1) is 5.92 Å². The number of amides is 2. The van der Waals surface area contributed by atoms with Gasteiger partial charge in [-0.1, -0.05) is 19.3 Å². The lowest BCUT2D eigenvalue weighted by Crippen LogP contribution is -2.48. The summed E-state index contributed by atoms with van der Waals surface area (Å²) in [5.74, 6) is 0.0426. The van der Waals surface area contributed by atoms with Gasteiger partial charge in [-0.2, -0.15) is 0 Å². The van der Waals surface area contributed by atoms with Gasteiger partial charge >= 0.3 is 6.09 Å². The van der Waals surface area contributed by atoms with Gasteiger partial charge in [0.2, 0.25) is 5.91 Å². The van der Waals surface area contributed by atoms with Crippen LogP contribution in [0.25, 0.3) is 0 Å². The largest absolute Gasteiger partial charge is 0.450 e. The van der Waals surface area contributed by atoms with Gasteiger partial charge in [0.15, 0.2) is 0 Å². The Bertz CT molecular complexity index is 340. The Labute approximate surface area is 121 Å². The van der Waals surface area contributed by atoms with E-state index in [9.17, 15) is 9.59 Å². The van der Waals surface area contributed by atoms with Crippen molar-refractivity contribution in [2.45, 2.75) is 57.9 Å². The van der Waals surface area contributed by atoms with Crippen molar-refractivity contribution in [3.63, 3.8) is 0 Å². The second-order valence-electron chi connectivity index (χ2n) is 5.83. The predicted molar refractivity (Wildman–Crippen MR) is 76.3 cm³/mol. The van der Waals surface area contributed by atoms with Crippen LogP contribution in [0.2, 0.25) is 0 Å². The molecule has 1 saturated heterocycles. The first-order valence-electron chi connectivity index (χ1n) is 7.92. The molecular weight excluding hydrogens is 256 g/mol. The maximum absolute atomic E-state index is 12.3. The Balaban J connectivity index is 1.81. The molecule has 1 heterocycles. The summed E-state index contributed by atoms with van der Waals surface area (Å²) in [5, 5.41) is 3.16. The third-order valence-electron chi connectivity index (χ3n) is 4.27. The molecule has 114 valence electrons. The first-order chi connectivity index (χ1) is 9.70. The van der Waals surface area contributed by atoms with Crippen LogP contribution in [0.3, 0.4) is 0 Å². The lowest BCUT2D eigenvalue weighted by atomic mass is 9.93. The fourth-order valence-corrected chi connectivity index (χ4v) is 3.14. The number of carbonyl (C=O) groups is 2. The molecular formula is C15H26N2O3. The van der Waals surface area contributed by atoms with Crippen LogP contribution in [-0.4, -0.2) is 42.6 Å². The number of hydrogen-bond donors (Lipinski definition) is 1. The molecule has 5 heteroatoms. The summed E-state index contributed by atoms with van der Waals surface area (Å²) < 4.78 is 5.01. The zero-order chi connectivity index (χ0) is 14.4. The zero-order valence-electron chi connectivity index (χ0n) is 12.4. The molecule has 2 amide bonds. The molecule has 0 aromatic rings. The van der Waals surface area contributed by atoms with Crippen molar-refractivity contribution in [3.8, 4) is 0 Å². The highest BCUT2D eigenvalue weighted by molar-refractivity contribution is 5.80. The van der Waals surface area contributed by atoms with E-state index < -0.39 is 0 Å². The Kier molecular flexibility index (Phi) is 5.68. The maximum Gasteiger partial charge on any atom is 0.409 e. The summed E-state index contributed by atoms with van der Waals surface area (Å²) in [6, 6.07) is 0.342. The standard InChI is InChI=1S/C15H26N2O3/c1-2-20-15(19)17-10-6-7-12(11-17)14(18)16-13-8-4-3-5-9-13/h12-13H,2-11H2,1H3,(H,16,18)/t12-/m0/s1. The number of carbonyl (C=O) groups excluding carboxylic acids is 2. The average molecular weight is 282 g/mol. The molecule has 1 atom stereocenters. The second-order valence-corrected chi connectivity index (χ2v) is 5.83. The van der Waals surface area contributed by atoms with Crippen molar-refractivity contribution < 1.29 is 14.3 Å². The quantitative estimate of drug-likeness (QED) is 0.864. The minimum Gasteiger partial charge on any atom is -0.450 e. The smallest absolute Gasteiger partial charge is 0.409 e. The van der Waals surface area contributed by atoms with Crippen LogP contribution >= 0.6 is 0 Å². The molecule has 0 unspecified atom stereocenters. The van der Waals surface area contributed by atoms with Crippen molar-refractivity contribution in [1.82, 2.24) is 10.2 Å². The molecule has 1 saturated carbocycles. The molecule has 2 fully saturated rings. The highest BCUT2D eigenvalue weighted by Gasteiger charge is 2.30.